The number of rotatable bonds is 5. The maximum atomic E-state index is 12.1. The molecule has 0 saturated carbocycles. The van der Waals surface area contributed by atoms with Gasteiger partial charge in [-0.3, -0.25) is 0 Å². The molecule has 0 bridgehead atoms. The van der Waals surface area contributed by atoms with E-state index in [1.807, 2.05) is 18.7 Å². The molecular weight excluding hydrogens is 294 g/mol. The van der Waals surface area contributed by atoms with Crippen molar-refractivity contribution in [3.63, 3.8) is 0 Å². The van der Waals surface area contributed by atoms with Crippen LogP contribution in [0, 0.1) is 0 Å². The van der Waals surface area contributed by atoms with Crippen LogP contribution in [0.1, 0.15) is 34.6 Å². The van der Waals surface area contributed by atoms with Gasteiger partial charge in [-0.1, -0.05) is 18.2 Å². The van der Waals surface area contributed by atoms with Crippen LogP contribution in [-0.4, -0.2) is 30.1 Å². The number of aromatic hydroxyl groups is 1. The van der Waals surface area contributed by atoms with Crippen LogP contribution in [0.4, 0.5) is 5.69 Å². The Labute approximate surface area is 135 Å². The van der Waals surface area contributed by atoms with Gasteiger partial charge in [-0.05, 0) is 38.1 Å². The maximum Gasteiger partial charge on any atom is 0.349 e. The number of anilines is 1. The largest absolute Gasteiger partial charge is 0.507 e. The molecule has 0 saturated heterocycles. The van der Waals surface area contributed by atoms with Gasteiger partial charge < -0.3 is 14.7 Å². The number of hydrogen-bond acceptors (Lipinski definition) is 5. The molecule has 0 unspecified atom stereocenters. The highest BCUT2D eigenvalue weighted by Gasteiger charge is 2.18. The van der Waals surface area contributed by atoms with Crippen molar-refractivity contribution in [1.29, 1.82) is 0 Å². The SMILES string of the molecule is CCN(CC)c1ccc(C(=O)OC(=O)c2ccccc2)c(O)c1. The number of phenolic OH excluding ortho intramolecular Hbond substituents is 1. The van der Waals surface area contributed by atoms with Crippen molar-refractivity contribution in [2.24, 2.45) is 0 Å². The Kier molecular flexibility index (Phi) is 5.36. The fourth-order valence-electron chi connectivity index (χ4n) is 2.25. The molecule has 0 radical (unpaired) electrons. The lowest BCUT2D eigenvalue weighted by Gasteiger charge is -2.21. The Morgan fingerprint density at radius 2 is 1.65 bits per heavy atom. The minimum atomic E-state index is -0.873. The average molecular weight is 313 g/mol. The van der Waals surface area contributed by atoms with E-state index in [-0.39, 0.29) is 16.9 Å². The van der Waals surface area contributed by atoms with Crippen LogP contribution in [0.5, 0.6) is 5.75 Å². The zero-order chi connectivity index (χ0) is 16.8. The van der Waals surface area contributed by atoms with Gasteiger partial charge in [0.2, 0.25) is 0 Å². The van der Waals surface area contributed by atoms with E-state index in [4.69, 9.17) is 4.74 Å². The summed E-state index contributed by atoms with van der Waals surface area (Å²) in [5.74, 6) is -1.83. The van der Waals surface area contributed by atoms with Crippen LogP contribution in [-0.2, 0) is 4.74 Å². The molecule has 1 N–H and O–H groups in total. The Balaban J connectivity index is 2.15. The first-order valence-corrected chi connectivity index (χ1v) is 7.46. The van der Waals surface area contributed by atoms with Gasteiger partial charge in [0.25, 0.3) is 0 Å². The van der Waals surface area contributed by atoms with Crippen LogP contribution in [0.3, 0.4) is 0 Å². The number of esters is 2. The highest BCUT2D eigenvalue weighted by atomic mass is 16.6. The minimum absolute atomic E-state index is 0.0369. The zero-order valence-corrected chi connectivity index (χ0v) is 13.2. The summed E-state index contributed by atoms with van der Waals surface area (Å²) in [6.45, 7) is 5.57. The first-order valence-electron chi connectivity index (χ1n) is 7.46. The number of carbonyl (C=O) groups is 2. The summed E-state index contributed by atoms with van der Waals surface area (Å²) < 4.78 is 4.80. The number of hydrogen-bond donors (Lipinski definition) is 1. The van der Waals surface area contributed by atoms with Crippen molar-refractivity contribution >= 4 is 17.6 Å². The van der Waals surface area contributed by atoms with Crippen molar-refractivity contribution in [3.05, 3.63) is 59.7 Å². The number of benzene rings is 2. The lowest BCUT2D eigenvalue weighted by atomic mass is 10.1. The molecule has 0 atom stereocenters. The Bertz CT molecular complexity index is 693. The Morgan fingerprint density at radius 1 is 1.00 bits per heavy atom. The maximum absolute atomic E-state index is 12.1. The van der Waals surface area contributed by atoms with E-state index in [1.54, 1.807) is 36.4 Å². The monoisotopic (exact) mass is 313 g/mol. The number of carbonyl (C=O) groups excluding carboxylic acids is 2. The van der Waals surface area contributed by atoms with E-state index < -0.39 is 11.9 Å². The third kappa shape index (κ3) is 3.88. The van der Waals surface area contributed by atoms with Crippen LogP contribution in [0.15, 0.2) is 48.5 Å². The number of phenols is 1. The van der Waals surface area contributed by atoms with Gasteiger partial charge in [0.15, 0.2) is 0 Å². The molecule has 0 fully saturated rings. The van der Waals surface area contributed by atoms with Gasteiger partial charge in [-0.25, -0.2) is 9.59 Å². The highest BCUT2D eigenvalue weighted by molar-refractivity contribution is 6.03. The van der Waals surface area contributed by atoms with E-state index in [0.717, 1.165) is 18.8 Å². The molecule has 2 aromatic carbocycles. The summed E-state index contributed by atoms with van der Waals surface area (Å²) in [5, 5.41) is 10.0. The molecule has 23 heavy (non-hydrogen) atoms. The topological polar surface area (TPSA) is 66.8 Å². The third-order valence-electron chi connectivity index (χ3n) is 3.52. The molecule has 5 heteroatoms. The van der Waals surface area contributed by atoms with E-state index in [2.05, 4.69) is 0 Å². The second-order valence-corrected chi connectivity index (χ2v) is 4.92. The van der Waals surface area contributed by atoms with Crippen LogP contribution >= 0.6 is 0 Å². The summed E-state index contributed by atoms with van der Waals surface area (Å²) >= 11 is 0. The molecule has 0 amide bonds. The number of nitrogens with zero attached hydrogens (tertiary/aromatic N) is 1. The van der Waals surface area contributed by atoms with E-state index in [0.29, 0.717) is 0 Å². The second-order valence-electron chi connectivity index (χ2n) is 4.92. The Morgan fingerprint density at radius 3 is 2.22 bits per heavy atom. The molecule has 2 aromatic rings. The van der Waals surface area contributed by atoms with Crippen molar-refractivity contribution in [1.82, 2.24) is 0 Å². The predicted molar refractivity (Wildman–Crippen MR) is 87.9 cm³/mol. The lowest BCUT2D eigenvalue weighted by Crippen LogP contribution is -2.21. The van der Waals surface area contributed by atoms with Gasteiger partial charge in [0.1, 0.15) is 11.3 Å². The third-order valence-corrected chi connectivity index (χ3v) is 3.52. The van der Waals surface area contributed by atoms with Crippen LogP contribution in [0.2, 0.25) is 0 Å². The van der Waals surface area contributed by atoms with Gasteiger partial charge in [-0.15, -0.1) is 0 Å². The van der Waals surface area contributed by atoms with Crippen molar-refractivity contribution in [3.8, 4) is 5.75 Å². The summed E-state index contributed by atoms with van der Waals surface area (Å²) in [6.07, 6.45) is 0. The molecule has 0 heterocycles. The molecule has 0 aliphatic carbocycles. The Hall–Kier alpha value is -2.82. The van der Waals surface area contributed by atoms with E-state index in [1.165, 1.54) is 12.1 Å². The van der Waals surface area contributed by atoms with E-state index >= 15 is 0 Å². The molecule has 2 rings (SSSR count). The highest BCUT2D eigenvalue weighted by Crippen LogP contribution is 2.25. The standard InChI is InChI=1S/C18H19NO4/c1-3-19(4-2)14-10-11-15(16(20)12-14)18(22)23-17(21)13-8-6-5-7-9-13/h5-12,20H,3-4H2,1-2H3. The molecule has 0 aliphatic rings. The summed E-state index contributed by atoms with van der Waals surface area (Å²) in [7, 11) is 0. The van der Waals surface area contributed by atoms with E-state index in [9.17, 15) is 14.7 Å². The van der Waals surface area contributed by atoms with Gasteiger partial charge in [0, 0.05) is 24.8 Å². The van der Waals surface area contributed by atoms with Gasteiger partial charge in [0.05, 0.1) is 5.56 Å². The van der Waals surface area contributed by atoms with Crippen molar-refractivity contribution < 1.29 is 19.4 Å². The normalized spacial score (nSPS) is 10.2. The summed E-state index contributed by atoms with van der Waals surface area (Å²) in [5.41, 5.74) is 1.05. The molecule has 0 aromatic heterocycles. The minimum Gasteiger partial charge on any atom is -0.507 e. The molecular formula is C18H19NO4. The summed E-state index contributed by atoms with van der Waals surface area (Å²) in [6, 6.07) is 12.9. The molecule has 0 aliphatic heterocycles. The number of ether oxygens (including phenoxy) is 1. The van der Waals surface area contributed by atoms with Gasteiger partial charge >= 0.3 is 11.9 Å². The average Bonchev–Trinajstić information content (AvgIpc) is 2.56. The zero-order valence-electron chi connectivity index (χ0n) is 13.2. The van der Waals surface area contributed by atoms with Gasteiger partial charge in [-0.2, -0.15) is 0 Å². The summed E-state index contributed by atoms with van der Waals surface area (Å²) in [4.78, 5) is 26.0. The fourth-order valence-corrected chi connectivity index (χ4v) is 2.25. The van der Waals surface area contributed by atoms with Crippen LogP contribution < -0.4 is 4.90 Å². The first kappa shape index (κ1) is 16.5. The van der Waals surface area contributed by atoms with Crippen molar-refractivity contribution in [2.45, 2.75) is 13.8 Å². The first-order chi connectivity index (χ1) is 11.1. The molecule has 0 spiro atoms. The molecule has 120 valence electrons. The smallest absolute Gasteiger partial charge is 0.349 e. The second kappa shape index (κ2) is 7.45. The predicted octanol–water partition coefficient (Wildman–Crippen LogP) is 3.24. The van der Waals surface area contributed by atoms with Crippen LogP contribution in [0.25, 0.3) is 0 Å². The van der Waals surface area contributed by atoms with Crippen molar-refractivity contribution in [2.75, 3.05) is 18.0 Å². The lowest BCUT2D eigenvalue weighted by molar-refractivity contribution is 0.0396. The fraction of sp³-hybridized carbons (Fsp3) is 0.222. The molecule has 5 nitrogen and oxygen atoms in total. The quantitative estimate of drug-likeness (QED) is 0.678.